The second-order valence-electron chi connectivity index (χ2n) is 8.17. The topological polar surface area (TPSA) is 112 Å². The number of benzene rings is 1. The molecule has 1 saturated heterocycles. The van der Waals surface area contributed by atoms with E-state index >= 15 is 0 Å². The summed E-state index contributed by atoms with van der Waals surface area (Å²) in [4.78, 5) is 38.6. The minimum atomic E-state index is -0.708. The van der Waals surface area contributed by atoms with E-state index in [-0.39, 0.29) is 38.9 Å². The SMILES string of the molecule is Cc1ccc(C(Nc2c(Nc3ccc(Cl)c(C(=O)N(C)C)c3O)c(=O)c2=O)C2CCCS2)o1. The first-order valence-electron chi connectivity index (χ1n) is 10.5. The van der Waals surface area contributed by atoms with Gasteiger partial charge >= 0.3 is 0 Å². The van der Waals surface area contributed by atoms with Crippen molar-refractivity contribution in [2.24, 2.45) is 0 Å². The maximum Gasteiger partial charge on any atom is 0.258 e. The van der Waals surface area contributed by atoms with Gasteiger partial charge in [0, 0.05) is 19.3 Å². The molecular weight excluding hydrogens is 466 g/mol. The van der Waals surface area contributed by atoms with Gasteiger partial charge in [0.1, 0.15) is 28.5 Å². The minimum Gasteiger partial charge on any atom is -0.505 e. The van der Waals surface area contributed by atoms with Crippen molar-refractivity contribution in [3.63, 3.8) is 0 Å². The molecule has 174 valence electrons. The van der Waals surface area contributed by atoms with Crippen LogP contribution in [0.5, 0.6) is 5.75 Å². The molecule has 3 N–H and O–H groups in total. The molecule has 2 atom stereocenters. The molecule has 1 fully saturated rings. The van der Waals surface area contributed by atoms with Gasteiger partial charge in [-0.1, -0.05) is 11.6 Å². The first-order chi connectivity index (χ1) is 15.7. The number of phenols is 1. The van der Waals surface area contributed by atoms with Crippen LogP contribution < -0.4 is 21.5 Å². The van der Waals surface area contributed by atoms with E-state index in [0.717, 1.165) is 24.4 Å². The lowest BCUT2D eigenvalue weighted by Crippen LogP contribution is -2.38. The fourth-order valence-electron chi connectivity index (χ4n) is 3.87. The molecule has 0 aliphatic carbocycles. The molecule has 8 nitrogen and oxygen atoms in total. The lowest BCUT2D eigenvalue weighted by atomic mass is 10.0. The number of halogens is 1. The number of nitrogens with zero attached hydrogens (tertiary/aromatic N) is 1. The number of anilines is 3. The summed E-state index contributed by atoms with van der Waals surface area (Å²) in [5.74, 6) is 1.58. The number of furan rings is 1. The molecule has 1 aromatic heterocycles. The maximum atomic E-state index is 12.5. The highest BCUT2D eigenvalue weighted by Gasteiger charge is 2.33. The fourth-order valence-corrected chi connectivity index (χ4v) is 5.46. The lowest BCUT2D eigenvalue weighted by Gasteiger charge is -2.25. The number of hydrogen-bond acceptors (Lipinski definition) is 8. The second kappa shape index (κ2) is 9.15. The predicted molar refractivity (Wildman–Crippen MR) is 131 cm³/mol. The summed E-state index contributed by atoms with van der Waals surface area (Å²) in [5.41, 5.74) is -1.20. The molecule has 4 rings (SSSR count). The number of nitrogens with one attached hydrogen (secondary N) is 2. The zero-order valence-corrected chi connectivity index (χ0v) is 20.0. The molecule has 2 unspecified atom stereocenters. The first-order valence-corrected chi connectivity index (χ1v) is 11.9. The van der Waals surface area contributed by atoms with E-state index in [0.29, 0.717) is 5.76 Å². The molecule has 1 aliphatic rings. The molecular formula is C23H24ClN3O5S. The largest absolute Gasteiger partial charge is 0.505 e. The number of amides is 1. The van der Waals surface area contributed by atoms with E-state index in [1.165, 1.54) is 31.1 Å². The molecule has 33 heavy (non-hydrogen) atoms. The third-order valence-corrected chi connectivity index (χ3v) is 7.40. The Morgan fingerprint density at radius 1 is 1.21 bits per heavy atom. The van der Waals surface area contributed by atoms with Crippen LogP contribution in [0.15, 0.2) is 38.3 Å². The summed E-state index contributed by atoms with van der Waals surface area (Å²) in [5, 5.41) is 17.0. The molecule has 2 aromatic carbocycles. The summed E-state index contributed by atoms with van der Waals surface area (Å²) >= 11 is 7.91. The van der Waals surface area contributed by atoms with Gasteiger partial charge in [0.05, 0.1) is 16.8 Å². The van der Waals surface area contributed by atoms with Gasteiger partial charge in [-0.25, -0.2) is 0 Å². The Bertz CT molecular complexity index is 1270. The van der Waals surface area contributed by atoms with Gasteiger partial charge < -0.3 is 25.1 Å². The Kier molecular flexibility index (Phi) is 6.45. The zero-order valence-electron chi connectivity index (χ0n) is 18.4. The first kappa shape index (κ1) is 23.3. The molecule has 0 radical (unpaired) electrons. The van der Waals surface area contributed by atoms with Gasteiger partial charge in [-0.3, -0.25) is 14.4 Å². The van der Waals surface area contributed by atoms with Crippen LogP contribution in [0.25, 0.3) is 0 Å². The van der Waals surface area contributed by atoms with Crippen molar-refractivity contribution in [1.82, 2.24) is 4.90 Å². The Morgan fingerprint density at radius 3 is 2.55 bits per heavy atom. The molecule has 3 aromatic rings. The van der Waals surface area contributed by atoms with E-state index in [1.54, 1.807) is 11.8 Å². The number of hydrogen-bond donors (Lipinski definition) is 3. The molecule has 1 amide bonds. The van der Waals surface area contributed by atoms with Gasteiger partial charge in [0.2, 0.25) is 0 Å². The van der Waals surface area contributed by atoms with Crippen LogP contribution in [0.1, 0.15) is 40.8 Å². The molecule has 2 heterocycles. The second-order valence-corrected chi connectivity index (χ2v) is 9.93. The van der Waals surface area contributed by atoms with Crippen LogP contribution in [-0.4, -0.2) is 41.0 Å². The highest BCUT2D eigenvalue weighted by Crippen LogP contribution is 2.40. The average molecular weight is 490 g/mol. The van der Waals surface area contributed by atoms with E-state index in [9.17, 15) is 19.5 Å². The molecule has 0 spiro atoms. The smallest absolute Gasteiger partial charge is 0.258 e. The van der Waals surface area contributed by atoms with Crippen molar-refractivity contribution < 1.29 is 14.3 Å². The fraction of sp³-hybridized carbons (Fsp3) is 0.348. The van der Waals surface area contributed by atoms with Gasteiger partial charge in [-0.05, 0) is 49.8 Å². The number of carbonyl (C=O) groups excluding carboxylic acids is 1. The van der Waals surface area contributed by atoms with Gasteiger partial charge in [0.15, 0.2) is 5.75 Å². The standard InChI is InChI=1S/C23H24ClN3O5S/c1-11-6-9-14(32-11)17(15-5-4-10-33-15)26-19-18(21(29)22(19)30)25-13-8-7-12(24)16(20(13)28)23(31)27(2)3/h6-9,15,17,25-26,28H,4-5,10H2,1-3H3. The number of carbonyl (C=O) groups is 1. The number of phenolic OH excluding ortho intramolecular Hbond substituents is 1. The van der Waals surface area contributed by atoms with E-state index in [4.69, 9.17) is 16.0 Å². The maximum absolute atomic E-state index is 12.5. The molecule has 1 aliphatic heterocycles. The Hall–Kier alpha value is -2.91. The Balaban J connectivity index is 1.67. The summed E-state index contributed by atoms with van der Waals surface area (Å²) in [7, 11) is 3.07. The Labute approximate surface area is 199 Å². The summed E-state index contributed by atoms with van der Waals surface area (Å²) in [6.07, 6.45) is 2.01. The van der Waals surface area contributed by atoms with E-state index < -0.39 is 22.5 Å². The normalized spacial score (nSPS) is 16.7. The number of aryl methyl sites for hydroxylation is 1. The number of aromatic hydroxyl groups is 1. The summed E-state index contributed by atoms with van der Waals surface area (Å²) in [6.45, 7) is 1.85. The van der Waals surface area contributed by atoms with Crippen molar-refractivity contribution in [2.45, 2.75) is 31.1 Å². The predicted octanol–water partition coefficient (Wildman–Crippen LogP) is 4.04. The Morgan fingerprint density at radius 2 is 1.94 bits per heavy atom. The highest BCUT2D eigenvalue weighted by molar-refractivity contribution is 8.00. The third-order valence-electron chi connectivity index (χ3n) is 5.62. The third kappa shape index (κ3) is 4.35. The van der Waals surface area contributed by atoms with Crippen molar-refractivity contribution >= 4 is 46.3 Å². The van der Waals surface area contributed by atoms with Crippen LogP contribution in [0.4, 0.5) is 17.1 Å². The van der Waals surface area contributed by atoms with Crippen LogP contribution in [-0.2, 0) is 0 Å². The van der Waals surface area contributed by atoms with Gasteiger partial charge in [-0.15, -0.1) is 0 Å². The van der Waals surface area contributed by atoms with Gasteiger partial charge in [-0.2, -0.15) is 11.8 Å². The number of rotatable bonds is 7. The summed E-state index contributed by atoms with van der Waals surface area (Å²) < 4.78 is 5.83. The molecule has 0 saturated carbocycles. The van der Waals surface area contributed by atoms with Crippen LogP contribution >= 0.6 is 23.4 Å². The van der Waals surface area contributed by atoms with E-state index in [1.807, 2.05) is 19.1 Å². The highest BCUT2D eigenvalue weighted by atomic mass is 35.5. The number of thioether (sulfide) groups is 1. The summed E-state index contributed by atoms with van der Waals surface area (Å²) in [6, 6.07) is 6.34. The van der Waals surface area contributed by atoms with Crippen LogP contribution in [0, 0.1) is 6.92 Å². The van der Waals surface area contributed by atoms with Crippen molar-refractivity contribution in [3.05, 3.63) is 66.8 Å². The van der Waals surface area contributed by atoms with E-state index in [2.05, 4.69) is 10.6 Å². The zero-order chi connectivity index (χ0) is 23.9. The monoisotopic (exact) mass is 489 g/mol. The average Bonchev–Trinajstić information content (AvgIpc) is 3.46. The van der Waals surface area contributed by atoms with Crippen molar-refractivity contribution in [2.75, 3.05) is 30.5 Å². The van der Waals surface area contributed by atoms with Crippen molar-refractivity contribution in [3.8, 4) is 5.75 Å². The van der Waals surface area contributed by atoms with Crippen LogP contribution in [0.3, 0.4) is 0 Å². The van der Waals surface area contributed by atoms with Crippen molar-refractivity contribution in [1.29, 1.82) is 0 Å². The molecule has 0 bridgehead atoms. The quantitative estimate of drug-likeness (QED) is 0.337. The minimum absolute atomic E-state index is 0.0251. The molecule has 10 heteroatoms. The van der Waals surface area contributed by atoms with Crippen LogP contribution in [0.2, 0.25) is 5.02 Å². The van der Waals surface area contributed by atoms with Gasteiger partial charge in [0.25, 0.3) is 16.8 Å². The lowest BCUT2D eigenvalue weighted by molar-refractivity contribution is 0.0825.